The largest absolute Gasteiger partial charge is 0.396 e. The van der Waals surface area contributed by atoms with E-state index in [4.69, 9.17) is 16.7 Å². The number of aliphatic hydroxyl groups excluding tert-OH is 1. The molecule has 0 bridgehead atoms. The number of halogens is 1. The first kappa shape index (κ1) is 16.4. The van der Waals surface area contributed by atoms with Gasteiger partial charge in [0.2, 0.25) is 5.91 Å². The fourth-order valence-corrected chi connectivity index (χ4v) is 3.70. The standard InChI is InChI=1S/C14H17ClN2O2S2/c1-9(4-5-18)7-16-13(19)6-10-8-20-14(17-10)11-2-3-12(15)21-11/h2-3,8-9,18H,4-7H2,1H3,(H,16,19). The van der Waals surface area contributed by atoms with Gasteiger partial charge in [0.1, 0.15) is 5.01 Å². The molecular formula is C14H17ClN2O2S2. The minimum absolute atomic E-state index is 0.0409. The summed E-state index contributed by atoms with van der Waals surface area (Å²) in [7, 11) is 0. The third-order valence-corrected chi connectivity index (χ3v) is 5.24. The van der Waals surface area contributed by atoms with Crippen molar-refractivity contribution in [3.63, 3.8) is 0 Å². The molecule has 2 heterocycles. The number of nitrogens with zero attached hydrogens (tertiary/aromatic N) is 1. The Kier molecular flexibility index (Phi) is 6.17. The fourth-order valence-electron chi connectivity index (χ4n) is 1.77. The number of aliphatic hydroxyl groups is 1. The van der Waals surface area contributed by atoms with Gasteiger partial charge in [-0.1, -0.05) is 18.5 Å². The summed E-state index contributed by atoms with van der Waals surface area (Å²) in [4.78, 5) is 17.3. The number of amides is 1. The van der Waals surface area contributed by atoms with Crippen molar-refractivity contribution in [3.8, 4) is 9.88 Å². The van der Waals surface area contributed by atoms with Gasteiger partial charge in [0.05, 0.1) is 21.3 Å². The summed E-state index contributed by atoms with van der Waals surface area (Å²) in [5.41, 5.74) is 0.770. The molecule has 1 atom stereocenters. The van der Waals surface area contributed by atoms with Crippen LogP contribution in [-0.2, 0) is 11.2 Å². The van der Waals surface area contributed by atoms with Crippen molar-refractivity contribution in [2.45, 2.75) is 19.8 Å². The predicted octanol–water partition coefficient (Wildman–Crippen LogP) is 3.20. The third-order valence-electron chi connectivity index (χ3n) is 2.95. The second-order valence-corrected chi connectivity index (χ2v) is 7.42. The molecule has 2 aromatic heterocycles. The Labute approximate surface area is 136 Å². The normalized spacial score (nSPS) is 12.3. The van der Waals surface area contributed by atoms with E-state index < -0.39 is 0 Å². The van der Waals surface area contributed by atoms with E-state index in [0.717, 1.165) is 19.9 Å². The van der Waals surface area contributed by atoms with Crippen LogP contribution in [0, 0.1) is 5.92 Å². The minimum atomic E-state index is -0.0409. The molecule has 0 spiro atoms. The quantitative estimate of drug-likeness (QED) is 0.810. The summed E-state index contributed by atoms with van der Waals surface area (Å²) in [6.07, 6.45) is 0.974. The lowest BCUT2D eigenvalue weighted by Crippen LogP contribution is -2.30. The van der Waals surface area contributed by atoms with Crippen molar-refractivity contribution >= 4 is 40.2 Å². The zero-order valence-electron chi connectivity index (χ0n) is 11.6. The van der Waals surface area contributed by atoms with E-state index in [1.165, 1.54) is 22.7 Å². The highest BCUT2D eigenvalue weighted by atomic mass is 35.5. The highest BCUT2D eigenvalue weighted by Crippen LogP contribution is 2.32. The van der Waals surface area contributed by atoms with E-state index in [1.807, 2.05) is 24.4 Å². The monoisotopic (exact) mass is 344 g/mol. The maximum Gasteiger partial charge on any atom is 0.226 e. The first-order valence-corrected chi connectivity index (χ1v) is 8.73. The molecule has 1 amide bonds. The van der Waals surface area contributed by atoms with E-state index >= 15 is 0 Å². The van der Waals surface area contributed by atoms with E-state index in [1.54, 1.807) is 0 Å². The topological polar surface area (TPSA) is 62.2 Å². The highest BCUT2D eigenvalue weighted by molar-refractivity contribution is 7.23. The van der Waals surface area contributed by atoms with Gasteiger partial charge in [-0.05, 0) is 24.5 Å². The lowest BCUT2D eigenvalue weighted by molar-refractivity contribution is -0.120. The molecule has 21 heavy (non-hydrogen) atoms. The van der Waals surface area contributed by atoms with Gasteiger partial charge in [0.15, 0.2) is 0 Å². The Morgan fingerprint density at radius 1 is 1.52 bits per heavy atom. The van der Waals surface area contributed by atoms with Crippen molar-refractivity contribution < 1.29 is 9.90 Å². The number of aromatic nitrogens is 1. The molecular weight excluding hydrogens is 328 g/mol. The Balaban J connectivity index is 1.86. The van der Waals surface area contributed by atoms with Gasteiger partial charge in [0, 0.05) is 18.5 Å². The first-order valence-electron chi connectivity index (χ1n) is 6.66. The molecule has 114 valence electrons. The number of carbonyl (C=O) groups is 1. The molecule has 0 aromatic carbocycles. The average molecular weight is 345 g/mol. The Morgan fingerprint density at radius 3 is 3.00 bits per heavy atom. The molecule has 2 N–H and O–H groups in total. The average Bonchev–Trinajstić information content (AvgIpc) is 3.06. The Bertz CT molecular complexity index is 597. The van der Waals surface area contributed by atoms with Crippen LogP contribution in [0.3, 0.4) is 0 Å². The maximum atomic E-state index is 11.8. The van der Waals surface area contributed by atoms with Gasteiger partial charge < -0.3 is 10.4 Å². The van der Waals surface area contributed by atoms with Crippen molar-refractivity contribution in [2.24, 2.45) is 5.92 Å². The molecule has 0 fully saturated rings. The Hall–Kier alpha value is -0.950. The Morgan fingerprint density at radius 2 is 2.33 bits per heavy atom. The van der Waals surface area contributed by atoms with Crippen molar-refractivity contribution in [3.05, 3.63) is 27.5 Å². The second-order valence-electron chi connectivity index (χ2n) is 4.85. The molecule has 4 nitrogen and oxygen atoms in total. The molecule has 0 aliphatic rings. The predicted molar refractivity (Wildman–Crippen MR) is 88.0 cm³/mol. The van der Waals surface area contributed by atoms with Gasteiger partial charge in [-0.15, -0.1) is 22.7 Å². The minimum Gasteiger partial charge on any atom is -0.396 e. The molecule has 0 radical (unpaired) electrons. The highest BCUT2D eigenvalue weighted by Gasteiger charge is 2.11. The van der Waals surface area contributed by atoms with Crippen LogP contribution in [0.25, 0.3) is 9.88 Å². The molecule has 0 aliphatic carbocycles. The van der Waals surface area contributed by atoms with Gasteiger partial charge in [0.25, 0.3) is 0 Å². The molecule has 7 heteroatoms. The van der Waals surface area contributed by atoms with Crippen molar-refractivity contribution in [2.75, 3.05) is 13.2 Å². The smallest absolute Gasteiger partial charge is 0.226 e. The summed E-state index contributed by atoms with van der Waals surface area (Å²) in [5, 5.41) is 14.5. The number of thiazole rings is 1. The van der Waals surface area contributed by atoms with E-state index in [2.05, 4.69) is 10.3 Å². The summed E-state index contributed by atoms with van der Waals surface area (Å²) in [6, 6.07) is 3.78. The van der Waals surface area contributed by atoms with Crippen LogP contribution in [0.2, 0.25) is 4.34 Å². The zero-order valence-corrected chi connectivity index (χ0v) is 14.0. The maximum absolute atomic E-state index is 11.8. The van der Waals surface area contributed by atoms with Crippen LogP contribution in [0.1, 0.15) is 19.0 Å². The zero-order chi connectivity index (χ0) is 15.2. The number of nitrogens with one attached hydrogen (secondary N) is 1. The van der Waals surface area contributed by atoms with Crippen LogP contribution in [0.15, 0.2) is 17.5 Å². The lowest BCUT2D eigenvalue weighted by atomic mass is 10.1. The number of thiophene rings is 1. The fraction of sp³-hybridized carbons (Fsp3) is 0.429. The van der Waals surface area contributed by atoms with Crippen LogP contribution in [-0.4, -0.2) is 29.1 Å². The van der Waals surface area contributed by atoms with Crippen molar-refractivity contribution in [1.29, 1.82) is 0 Å². The van der Waals surface area contributed by atoms with Gasteiger partial charge in [-0.2, -0.15) is 0 Å². The molecule has 0 aliphatic heterocycles. The number of hydrogen-bond acceptors (Lipinski definition) is 5. The van der Waals surface area contributed by atoms with Gasteiger partial charge in [-0.25, -0.2) is 4.98 Å². The lowest BCUT2D eigenvalue weighted by Gasteiger charge is -2.10. The van der Waals surface area contributed by atoms with Crippen LogP contribution >= 0.6 is 34.3 Å². The molecule has 1 unspecified atom stereocenters. The van der Waals surface area contributed by atoms with E-state index in [-0.39, 0.29) is 24.9 Å². The molecule has 0 saturated heterocycles. The van der Waals surface area contributed by atoms with Crippen LogP contribution in [0.5, 0.6) is 0 Å². The van der Waals surface area contributed by atoms with Crippen molar-refractivity contribution in [1.82, 2.24) is 10.3 Å². The summed E-state index contributed by atoms with van der Waals surface area (Å²) >= 11 is 8.91. The van der Waals surface area contributed by atoms with Gasteiger partial charge in [-0.3, -0.25) is 4.79 Å². The molecule has 2 rings (SSSR count). The summed E-state index contributed by atoms with van der Waals surface area (Å²) in [5.74, 6) is 0.235. The molecule has 2 aromatic rings. The summed E-state index contributed by atoms with van der Waals surface area (Å²) in [6.45, 7) is 2.73. The van der Waals surface area contributed by atoms with Crippen LogP contribution in [0.4, 0.5) is 0 Å². The first-order chi connectivity index (χ1) is 10.1. The molecule has 0 saturated carbocycles. The van der Waals surface area contributed by atoms with Gasteiger partial charge >= 0.3 is 0 Å². The van der Waals surface area contributed by atoms with E-state index in [9.17, 15) is 4.79 Å². The third kappa shape index (κ3) is 5.07. The number of rotatable bonds is 7. The van der Waals surface area contributed by atoms with E-state index in [0.29, 0.717) is 13.0 Å². The van der Waals surface area contributed by atoms with Crippen LogP contribution < -0.4 is 5.32 Å². The summed E-state index contributed by atoms with van der Waals surface area (Å²) < 4.78 is 0.734. The second kappa shape index (κ2) is 7.89. The number of hydrogen-bond donors (Lipinski definition) is 2. The number of carbonyl (C=O) groups excluding carboxylic acids is 1. The SMILES string of the molecule is CC(CCO)CNC(=O)Cc1csc(-c2ccc(Cl)s2)n1.